The molecule has 0 bridgehead atoms. The van der Waals surface area contributed by atoms with Crippen LogP contribution in [0.3, 0.4) is 0 Å². The monoisotopic (exact) mass is 360 g/mol. The second kappa shape index (κ2) is 8.27. The molecule has 0 radical (unpaired) electrons. The molecule has 0 amide bonds. The minimum absolute atomic E-state index is 0. The summed E-state index contributed by atoms with van der Waals surface area (Å²) in [6.45, 7) is 6.44. The van der Waals surface area contributed by atoms with Gasteiger partial charge in [0.2, 0.25) is 0 Å². The van der Waals surface area contributed by atoms with Crippen molar-refractivity contribution in [3.63, 3.8) is 0 Å². The van der Waals surface area contributed by atoms with Gasteiger partial charge < -0.3 is 0 Å². The predicted molar refractivity (Wildman–Crippen MR) is 71.6 cm³/mol. The highest BCUT2D eigenvalue weighted by molar-refractivity contribution is 8.93. The molecule has 72 valence electrons. The van der Waals surface area contributed by atoms with E-state index in [2.05, 4.69) is 39.0 Å². The van der Waals surface area contributed by atoms with Crippen LogP contribution in [0.2, 0.25) is 0 Å². The molecular weight excluding hydrogens is 348 g/mol. The van der Waals surface area contributed by atoms with Crippen LogP contribution in [0.15, 0.2) is 18.2 Å². The molecule has 0 atom stereocenters. The lowest BCUT2D eigenvalue weighted by molar-refractivity contribution is 1.27. The van der Waals surface area contributed by atoms with Crippen LogP contribution in [0.25, 0.3) is 0 Å². The number of hydrogen-bond donors (Lipinski definition) is 0. The van der Waals surface area contributed by atoms with Crippen molar-refractivity contribution in [1.29, 1.82) is 0 Å². The third kappa shape index (κ3) is 4.63. The zero-order valence-electron chi connectivity index (χ0n) is 7.46. The van der Waals surface area contributed by atoms with Gasteiger partial charge in [-0.3, -0.25) is 0 Å². The number of rotatable bonds is 0. The van der Waals surface area contributed by atoms with Crippen LogP contribution >= 0.6 is 50.9 Å². The number of aryl methyl sites for hydroxylation is 2. The largest absolute Gasteiger partial charge is 0.114 e. The van der Waals surface area contributed by atoms with E-state index in [0.29, 0.717) is 0 Å². The van der Waals surface area contributed by atoms with Crippen molar-refractivity contribution in [2.75, 3.05) is 0 Å². The third-order valence-corrected chi connectivity index (χ3v) is 1.88. The van der Waals surface area contributed by atoms with E-state index in [1.54, 1.807) is 0 Å². The summed E-state index contributed by atoms with van der Waals surface area (Å²) in [6.07, 6.45) is 0. The normalized spacial score (nSPS) is 7.25. The van der Waals surface area contributed by atoms with Gasteiger partial charge in [-0.25, -0.2) is 0 Å². The molecule has 0 aromatic heterocycles. The van der Waals surface area contributed by atoms with Crippen LogP contribution in [0.1, 0.15) is 16.7 Å². The van der Waals surface area contributed by atoms with Gasteiger partial charge in [0.05, 0.1) is 0 Å². The van der Waals surface area contributed by atoms with E-state index in [-0.39, 0.29) is 50.9 Å². The Kier molecular flexibility index (Phi) is 12.7. The molecule has 12 heavy (non-hydrogen) atoms. The summed E-state index contributed by atoms with van der Waals surface area (Å²) in [6, 6.07) is 6.38. The van der Waals surface area contributed by atoms with Crippen molar-refractivity contribution in [2.45, 2.75) is 20.8 Å². The first-order valence-corrected chi connectivity index (χ1v) is 3.24. The maximum atomic E-state index is 2.16. The Bertz CT molecular complexity index is 201. The van der Waals surface area contributed by atoms with Gasteiger partial charge in [-0.2, -0.15) is 0 Å². The van der Waals surface area contributed by atoms with Crippen molar-refractivity contribution in [3.8, 4) is 0 Å². The van der Waals surface area contributed by atoms with Crippen molar-refractivity contribution < 1.29 is 0 Å². The van der Waals surface area contributed by atoms with Crippen molar-refractivity contribution in [1.82, 2.24) is 0 Å². The molecule has 0 aliphatic heterocycles. The minimum atomic E-state index is 0. The summed E-state index contributed by atoms with van der Waals surface area (Å²) in [5.74, 6) is 0. The van der Waals surface area contributed by atoms with Crippen LogP contribution in [0.4, 0.5) is 0 Å². The van der Waals surface area contributed by atoms with Gasteiger partial charge in [0.25, 0.3) is 0 Å². The number of halogens is 3. The second-order valence-corrected chi connectivity index (χ2v) is 2.52. The molecule has 0 N–H and O–H groups in total. The third-order valence-electron chi connectivity index (χ3n) is 1.88. The van der Waals surface area contributed by atoms with E-state index in [9.17, 15) is 0 Å². The van der Waals surface area contributed by atoms with Crippen LogP contribution < -0.4 is 0 Å². The molecule has 3 heteroatoms. The summed E-state index contributed by atoms with van der Waals surface area (Å²) >= 11 is 0. The molecule has 0 saturated carbocycles. The lowest BCUT2D eigenvalue weighted by Gasteiger charge is -2.00. The van der Waals surface area contributed by atoms with Crippen molar-refractivity contribution in [2.24, 2.45) is 0 Å². The molecular formula is C9H15Br3. The Labute approximate surface area is 106 Å². The quantitative estimate of drug-likeness (QED) is 0.643. The fraction of sp³-hybridized carbons (Fsp3) is 0.333. The maximum absolute atomic E-state index is 2.16. The Morgan fingerprint density at radius 2 is 1.08 bits per heavy atom. The molecule has 0 unspecified atom stereocenters. The molecule has 0 nitrogen and oxygen atoms in total. The van der Waals surface area contributed by atoms with Gasteiger partial charge in [0, 0.05) is 0 Å². The molecule has 1 aromatic carbocycles. The van der Waals surface area contributed by atoms with E-state index in [1.165, 1.54) is 16.7 Å². The summed E-state index contributed by atoms with van der Waals surface area (Å²) in [5.41, 5.74) is 4.18. The smallest absolute Gasteiger partial charge is 0.0392 e. The highest BCUT2D eigenvalue weighted by Gasteiger charge is 1.91. The highest BCUT2D eigenvalue weighted by atomic mass is 79.9. The molecule has 0 saturated heterocycles. The first kappa shape index (κ1) is 18.4. The Hall–Kier alpha value is 0.660. The molecule has 1 rings (SSSR count). The lowest BCUT2D eigenvalue weighted by Crippen LogP contribution is -1.82. The van der Waals surface area contributed by atoms with Crippen LogP contribution in [-0.4, -0.2) is 0 Å². The Balaban J connectivity index is -0.000000270. The van der Waals surface area contributed by atoms with Gasteiger partial charge in [-0.1, -0.05) is 18.2 Å². The van der Waals surface area contributed by atoms with Gasteiger partial charge in [-0.05, 0) is 37.5 Å². The SMILES string of the molecule is Br.Br.Br.Cc1cccc(C)c1C. The van der Waals surface area contributed by atoms with Crippen molar-refractivity contribution >= 4 is 50.9 Å². The maximum Gasteiger partial charge on any atom is -0.0392 e. The van der Waals surface area contributed by atoms with E-state index in [4.69, 9.17) is 0 Å². The van der Waals surface area contributed by atoms with E-state index in [1.807, 2.05) is 0 Å². The van der Waals surface area contributed by atoms with Crippen LogP contribution in [-0.2, 0) is 0 Å². The Morgan fingerprint density at radius 1 is 0.750 bits per heavy atom. The van der Waals surface area contributed by atoms with Crippen molar-refractivity contribution in [3.05, 3.63) is 34.9 Å². The molecule has 0 aliphatic carbocycles. The number of benzene rings is 1. The average Bonchev–Trinajstić information content (AvgIpc) is 1.83. The summed E-state index contributed by atoms with van der Waals surface area (Å²) in [4.78, 5) is 0. The fourth-order valence-corrected chi connectivity index (χ4v) is 0.898. The number of hydrogen-bond acceptors (Lipinski definition) is 0. The van der Waals surface area contributed by atoms with Crippen LogP contribution in [0.5, 0.6) is 0 Å². The topological polar surface area (TPSA) is 0 Å². The highest BCUT2D eigenvalue weighted by Crippen LogP contribution is 2.09. The minimum Gasteiger partial charge on any atom is -0.114 e. The Morgan fingerprint density at radius 3 is 1.33 bits per heavy atom. The summed E-state index contributed by atoms with van der Waals surface area (Å²) < 4.78 is 0. The van der Waals surface area contributed by atoms with Crippen LogP contribution in [0, 0.1) is 20.8 Å². The van der Waals surface area contributed by atoms with Gasteiger partial charge in [0.1, 0.15) is 0 Å². The van der Waals surface area contributed by atoms with Gasteiger partial charge >= 0.3 is 0 Å². The molecule has 0 aliphatic rings. The molecule has 0 fully saturated rings. The fourth-order valence-electron chi connectivity index (χ4n) is 0.898. The van der Waals surface area contributed by atoms with E-state index in [0.717, 1.165) is 0 Å². The predicted octanol–water partition coefficient (Wildman–Crippen LogP) is 4.35. The van der Waals surface area contributed by atoms with Gasteiger partial charge in [-0.15, -0.1) is 50.9 Å². The van der Waals surface area contributed by atoms with E-state index >= 15 is 0 Å². The zero-order chi connectivity index (χ0) is 6.85. The first-order valence-electron chi connectivity index (χ1n) is 3.24. The van der Waals surface area contributed by atoms with Gasteiger partial charge in [0.15, 0.2) is 0 Å². The molecule has 0 heterocycles. The first-order chi connectivity index (χ1) is 4.22. The molecule has 1 aromatic rings. The zero-order valence-corrected chi connectivity index (χ0v) is 12.6. The standard InChI is InChI=1S/C9H12.3BrH/c1-7-5-4-6-8(2)9(7)3;;;/h4-6H,1-3H3;3*1H. The second-order valence-electron chi connectivity index (χ2n) is 2.52. The average molecular weight is 363 g/mol. The molecule has 0 spiro atoms. The van der Waals surface area contributed by atoms with E-state index < -0.39 is 0 Å². The summed E-state index contributed by atoms with van der Waals surface area (Å²) in [7, 11) is 0. The lowest BCUT2D eigenvalue weighted by atomic mass is 10.1. The summed E-state index contributed by atoms with van der Waals surface area (Å²) in [5, 5.41) is 0.